The Kier molecular flexibility index (Phi) is 6.57. The van der Waals surface area contributed by atoms with Gasteiger partial charge in [-0.3, -0.25) is 4.79 Å². The fourth-order valence-electron chi connectivity index (χ4n) is 3.04. The van der Waals surface area contributed by atoms with Gasteiger partial charge in [0.05, 0.1) is 22.4 Å². The van der Waals surface area contributed by atoms with Crippen LogP contribution in [0, 0.1) is 5.82 Å². The first-order valence-corrected chi connectivity index (χ1v) is 11.0. The largest absolute Gasteiger partial charge is 0.477 e. The minimum absolute atomic E-state index is 0.313. The summed E-state index contributed by atoms with van der Waals surface area (Å²) >= 11 is 7.28. The normalized spacial score (nSPS) is 14.7. The highest BCUT2D eigenvalue weighted by Crippen LogP contribution is 2.30. The van der Waals surface area contributed by atoms with Crippen LogP contribution in [-0.4, -0.2) is 34.7 Å². The Morgan fingerprint density at radius 3 is 2.81 bits per heavy atom. The summed E-state index contributed by atoms with van der Waals surface area (Å²) in [5.41, 5.74) is 2.24. The van der Waals surface area contributed by atoms with Gasteiger partial charge < -0.3 is 15.4 Å². The summed E-state index contributed by atoms with van der Waals surface area (Å²) in [6.07, 6.45) is 1.76. The zero-order valence-electron chi connectivity index (χ0n) is 17.3. The number of hydrogen-bond acceptors (Lipinski definition) is 7. The van der Waals surface area contributed by atoms with Gasteiger partial charge in [0.15, 0.2) is 5.17 Å². The van der Waals surface area contributed by atoms with Crippen LogP contribution in [0.1, 0.15) is 18.1 Å². The number of fused-ring (bicyclic) bond motifs is 1. The molecule has 164 valence electrons. The number of nitrogens with zero attached hydrogens (tertiary/aromatic N) is 3. The topological polar surface area (TPSA) is 88.5 Å². The summed E-state index contributed by atoms with van der Waals surface area (Å²) in [7, 11) is 1.74. The van der Waals surface area contributed by atoms with Crippen LogP contribution in [0.25, 0.3) is 17.0 Å². The molecule has 0 unspecified atom stereocenters. The SMILES string of the molecule is CCOc1nc(NC)nc2ccc(/C=C3\SC(NCc4ccc(F)cc4Cl)=NC3=O)cc12. The maximum Gasteiger partial charge on any atom is 0.286 e. The fraction of sp³-hybridized carbons (Fsp3) is 0.182. The van der Waals surface area contributed by atoms with Crippen LogP contribution < -0.4 is 15.4 Å². The number of carbonyl (C=O) groups excluding carboxylic acids is 1. The van der Waals surface area contributed by atoms with E-state index in [0.29, 0.717) is 45.6 Å². The van der Waals surface area contributed by atoms with Crippen molar-refractivity contribution in [3.05, 3.63) is 63.3 Å². The first kappa shape index (κ1) is 22.0. The standard InChI is InChI=1S/C22H19ClFN5O2S/c1-3-31-20-15-8-12(4-7-17(15)27-21(25-2)29-20)9-18-19(30)28-22(32-18)26-11-13-5-6-14(24)10-16(13)23/h4-10H,3,11H2,1-2H3,(H,25,27,29)(H,26,28,30)/b18-9-. The summed E-state index contributed by atoms with van der Waals surface area (Å²) in [6.45, 7) is 2.68. The number of anilines is 1. The monoisotopic (exact) mass is 471 g/mol. The molecule has 0 atom stereocenters. The number of benzene rings is 2. The number of hydrogen-bond donors (Lipinski definition) is 2. The minimum atomic E-state index is -0.401. The zero-order chi connectivity index (χ0) is 22.7. The Balaban J connectivity index is 1.52. The molecule has 1 aliphatic rings. The molecule has 32 heavy (non-hydrogen) atoms. The number of thioether (sulfide) groups is 1. The number of nitrogens with one attached hydrogen (secondary N) is 2. The van der Waals surface area contributed by atoms with Crippen LogP contribution in [0.5, 0.6) is 5.88 Å². The minimum Gasteiger partial charge on any atom is -0.477 e. The third kappa shape index (κ3) is 4.84. The van der Waals surface area contributed by atoms with Crippen LogP contribution in [0.15, 0.2) is 46.3 Å². The lowest BCUT2D eigenvalue weighted by molar-refractivity contribution is -0.113. The molecule has 1 aliphatic heterocycles. The summed E-state index contributed by atoms with van der Waals surface area (Å²) in [5.74, 6) is 0.207. The van der Waals surface area contributed by atoms with Gasteiger partial charge in [0.25, 0.3) is 5.91 Å². The maximum atomic E-state index is 13.2. The van der Waals surface area contributed by atoms with Crippen molar-refractivity contribution in [2.75, 3.05) is 19.0 Å². The highest BCUT2D eigenvalue weighted by atomic mass is 35.5. The van der Waals surface area contributed by atoms with Gasteiger partial charge >= 0.3 is 0 Å². The summed E-state index contributed by atoms with van der Waals surface area (Å²) in [6, 6.07) is 9.78. The van der Waals surface area contributed by atoms with Gasteiger partial charge in [0.1, 0.15) is 5.82 Å². The molecule has 0 bridgehead atoms. The van der Waals surface area contributed by atoms with Crippen LogP contribution in [0.2, 0.25) is 5.02 Å². The van der Waals surface area contributed by atoms with Gasteiger partial charge in [-0.05, 0) is 60.2 Å². The number of carbonyl (C=O) groups is 1. The molecule has 0 spiro atoms. The van der Waals surface area contributed by atoms with E-state index in [-0.39, 0.29) is 5.91 Å². The van der Waals surface area contributed by atoms with Gasteiger partial charge in [-0.1, -0.05) is 23.7 Å². The number of aliphatic imine (C=N–C) groups is 1. The number of amides is 1. The van der Waals surface area contributed by atoms with Crippen molar-refractivity contribution in [2.45, 2.75) is 13.5 Å². The van der Waals surface area contributed by atoms with E-state index < -0.39 is 5.82 Å². The number of amidine groups is 1. The third-order valence-corrected chi connectivity index (χ3v) is 5.85. The van der Waals surface area contributed by atoms with Crippen molar-refractivity contribution in [2.24, 2.45) is 4.99 Å². The maximum absolute atomic E-state index is 13.2. The highest BCUT2D eigenvalue weighted by molar-refractivity contribution is 8.18. The van der Waals surface area contributed by atoms with E-state index in [1.165, 1.54) is 23.9 Å². The molecule has 2 heterocycles. The van der Waals surface area contributed by atoms with Crippen molar-refractivity contribution in [3.8, 4) is 5.88 Å². The second-order valence-corrected chi connectivity index (χ2v) is 8.17. The first-order valence-electron chi connectivity index (χ1n) is 9.79. The van der Waals surface area contributed by atoms with E-state index in [1.54, 1.807) is 19.2 Å². The number of rotatable bonds is 6. The fourth-order valence-corrected chi connectivity index (χ4v) is 4.08. The zero-order valence-corrected chi connectivity index (χ0v) is 18.9. The lowest BCUT2D eigenvalue weighted by Crippen LogP contribution is -2.18. The third-order valence-electron chi connectivity index (χ3n) is 4.55. The Hall–Kier alpha value is -3.17. The predicted molar refractivity (Wildman–Crippen MR) is 127 cm³/mol. The molecule has 0 radical (unpaired) electrons. The van der Waals surface area contributed by atoms with E-state index in [1.807, 2.05) is 25.1 Å². The quantitative estimate of drug-likeness (QED) is 0.507. The molecule has 1 aromatic heterocycles. The molecule has 4 rings (SSSR count). The number of aromatic nitrogens is 2. The van der Waals surface area contributed by atoms with E-state index in [0.717, 1.165) is 16.5 Å². The van der Waals surface area contributed by atoms with Crippen molar-refractivity contribution < 1.29 is 13.9 Å². The molecule has 1 amide bonds. The summed E-state index contributed by atoms with van der Waals surface area (Å²) in [5, 5.41) is 7.51. The Morgan fingerprint density at radius 1 is 1.22 bits per heavy atom. The number of ether oxygens (including phenoxy) is 1. The average molecular weight is 472 g/mol. The van der Waals surface area contributed by atoms with E-state index in [9.17, 15) is 9.18 Å². The Bertz CT molecular complexity index is 1260. The van der Waals surface area contributed by atoms with Gasteiger partial charge in [-0.25, -0.2) is 9.37 Å². The molecule has 0 fully saturated rings. The van der Waals surface area contributed by atoms with Gasteiger partial charge in [-0.2, -0.15) is 9.98 Å². The Labute approximate surface area is 193 Å². The molecule has 3 aromatic rings. The molecule has 10 heteroatoms. The average Bonchev–Trinajstić information content (AvgIpc) is 3.12. The summed E-state index contributed by atoms with van der Waals surface area (Å²) in [4.78, 5) is 25.7. The lowest BCUT2D eigenvalue weighted by atomic mass is 10.1. The highest BCUT2D eigenvalue weighted by Gasteiger charge is 2.22. The van der Waals surface area contributed by atoms with Gasteiger partial charge in [-0.15, -0.1) is 0 Å². The van der Waals surface area contributed by atoms with Crippen molar-refractivity contribution in [1.82, 2.24) is 15.3 Å². The molecule has 0 aliphatic carbocycles. The molecule has 2 aromatic carbocycles. The van der Waals surface area contributed by atoms with Gasteiger partial charge in [0.2, 0.25) is 11.8 Å². The van der Waals surface area contributed by atoms with Crippen LogP contribution in [0.4, 0.5) is 10.3 Å². The number of halogens is 2. The van der Waals surface area contributed by atoms with Crippen LogP contribution >= 0.6 is 23.4 Å². The molecular weight excluding hydrogens is 453 g/mol. The van der Waals surface area contributed by atoms with Gasteiger partial charge in [0, 0.05) is 18.6 Å². The molecular formula is C22H19ClFN5O2S. The second kappa shape index (κ2) is 9.54. The van der Waals surface area contributed by atoms with Crippen molar-refractivity contribution >= 4 is 57.4 Å². The first-order chi connectivity index (χ1) is 15.5. The van der Waals surface area contributed by atoms with E-state index >= 15 is 0 Å². The summed E-state index contributed by atoms with van der Waals surface area (Å²) < 4.78 is 18.9. The van der Waals surface area contributed by atoms with Crippen LogP contribution in [0.3, 0.4) is 0 Å². The Morgan fingerprint density at radius 2 is 2.06 bits per heavy atom. The second-order valence-electron chi connectivity index (χ2n) is 6.73. The van der Waals surface area contributed by atoms with E-state index in [2.05, 4.69) is 25.6 Å². The predicted octanol–water partition coefficient (Wildman–Crippen LogP) is 4.62. The molecule has 0 saturated carbocycles. The van der Waals surface area contributed by atoms with E-state index in [4.69, 9.17) is 16.3 Å². The molecule has 2 N–H and O–H groups in total. The molecule has 7 nitrogen and oxygen atoms in total. The smallest absolute Gasteiger partial charge is 0.286 e. The van der Waals surface area contributed by atoms with Crippen molar-refractivity contribution in [3.63, 3.8) is 0 Å². The molecule has 0 saturated heterocycles. The van der Waals surface area contributed by atoms with Crippen molar-refractivity contribution in [1.29, 1.82) is 0 Å². The van der Waals surface area contributed by atoms with Crippen LogP contribution in [-0.2, 0) is 11.3 Å². The lowest BCUT2D eigenvalue weighted by Gasteiger charge is -2.09.